The fourth-order valence-corrected chi connectivity index (χ4v) is 1.98. The first-order chi connectivity index (χ1) is 7.09. The second kappa shape index (κ2) is 3.95. The van der Waals surface area contributed by atoms with E-state index in [4.69, 9.17) is 9.47 Å². The molecule has 0 amide bonds. The van der Waals surface area contributed by atoms with Crippen LogP contribution in [0.2, 0.25) is 0 Å². The molecular weight excluding hydrogens is 188 g/mol. The van der Waals surface area contributed by atoms with Crippen LogP contribution in [0.5, 0.6) is 0 Å². The molecule has 15 heavy (non-hydrogen) atoms. The first kappa shape index (κ1) is 10.7. The minimum absolute atomic E-state index is 0.0356. The molecule has 1 aliphatic heterocycles. The van der Waals surface area contributed by atoms with E-state index in [9.17, 15) is 0 Å². The quantitative estimate of drug-likeness (QED) is 0.702. The molecule has 0 spiro atoms. The predicted octanol–water partition coefficient (Wildman–Crippen LogP) is 3.15. The molecule has 2 heteroatoms. The molecule has 0 aliphatic carbocycles. The van der Waals surface area contributed by atoms with Gasteiger partial charge < -0.3 is 9.47 Å². The average molecular weight is 206 g/mol. The van der Waals surface area contributed by atoms with Gasteiger partial charge in [0.2, 0.25) is 0 Å². The summed E-state index contributed by atoms with van der Waals surface area (Å²) in [6.45, 7) is 7.05. The monoisotopic (exact) mass is 206 g/mol. The highest BCUT2D eigenvalue weighted by molar-refractivity contribution is 5.20. The Bertz CT molecular complexity index is 319. The van der Waals surface area contributed by atoms with E-state index in [2.05, 4.69) is 38.1 Å². The van der Waals surface area contributed by atoms with Crippen molar-refractivity contribution in [3.05, 3.63) is 35.9 Å². The minimum atomic E-state index is -0.108. The topological polar surface area (TPSA) is 18.5 Å². The molecule has 0 N–H and O–H groups in total. The van der Waals surface area contributed by atoms with E-state index in [0.717, 1.165) is 6.61 Å². The lowest BCUT2D eigenvalue weighted by Crippen LogP contribution is -2.39. The van der Waals surface area contributed by atoms with Crippen LogP contribution in [0.3, 0.4) is 0 Å². The first-order valence-corrected chi connectivity index (χ1v) is 5.41. The van der Waals surface area contributed by atoms with Gasteiger partial charge in [0.05, 0.1) is 12.7 Å². The molecule has 1 aromatic rings. The molecule has 82 valence electrons. The maximum atomic E-state index is 5.87. The van der Waals surface area contributed by atoms with Crippen molar-refractivity contribution >= 4 is 0 Å². The Morgan fingerprint density at radius 1 is 1.20 bits per heavy atom. The van der Waals surface area contributed by atoms with Crippen molar-refractivity contribution in [1.82, 2.24) is 0 Å². The molecule has 1 heterocycles. The van der Waals surface area contributed by atoms with Gasteiger partial charge in [-0.15, -0.1) is 0 Å². The predicted molar refractivity (Wildman–Crippen MR) is 59.5 cm³/mol. The highest BCUT2D eigenvalue weighted by Gasteiger charge is 2.37. The zero-order valence-corrected chi connectivity index (χ0v) is 9.57. The van der Waals surface area contributed by atoms with Crippen LogP contribution in [-0.2, 0) is 9.47 Å². The molecule has 2 nitrogen and oxygen atoms in total. The smallest absolute Gasteiger partial charge is 0.155 e. The molecular formula is C13H18O2. The maximum absolute atomic E-state index is 5.87. The van der Waals surface area contributed by atoms with Gasteiger partial charge in [-0.25, -0.2) is 0 Å². The van der Waals surface area contributed by atoms with Crippen molar-refractivity contribution in [2.24, 2.45) is 5.41 Å². The molecule has 1 aliphatic rings. The summed E-state index contributed by atoms with van der Waals surface area (Å²) in [5.41, 5.74) is 1.27. The Kier molecular flexibility index (Phi) is 2.81. The van der Waals surface area contributed by atoms with Gasteiger partial charge in [0, 0.05) is 5.41 Å². The van der Waals surface area contributed by atoms with Crippen LogP contribution >= 0.6 is 0 Å². The molecule has 1 fully saturated rings. The number of hydrogen-bond donors (Lipinski definition) is 0. The third kappa shape index (κ3) is 2.21. The lowest BCUT2D eigenvalue weighted by Gasteiger charge is -2.41. The van der Waals surface area contributed by atoms with E-state index >= 15 is 0 Å². The van der Waals surface area contributed by atoms with E-state index < -0.39 is 0 Å². The van der Waals surface area contributed by atoms with Crippen LogP contribution in [0, 0.1) is 5.41 Å². The molecule has 1 aromatic carbocycles. The van der Waals surface area contributed by atoms with Gasteiger partial charge in [0.15, 0.2) is 6.29 Å². The minimum Gasteiger partial charge on any atom is -0.352 e. The zero-order valence-electron chi connectivity index (χ0n) is 9.57. The van der Waals surface area contributed by atoms with Crippen molar-refractivity contribution in [2.75, 3.05) is 6.61 Å². The highest BCUT2D eigenvalue weighted by atomic mass is 16.7. The normalized spacial score (nSPS) is 30.1. The van der Waals surface area contributed by atoms with Gasteiger partial charge in [0.1, 0.15) is 0 Å². The van der Waals surface area contributed by atoms with Crippen LogP contribution in [0.25, 0.3) is 0 Å². The number of rotatable bonds is 1. The largest absolute Gasteiger partial charge is 0.352 e. The SMILES string of the molecule is CC1OCC(C)(C)C(c2ccccc2)O1. The summed E-state index contributed by atoms with van der Waals surface area (Å²) in [7, 11) is 0. The van der Waals surface area contributed by atoms with E-state index in [1.165, 1.54) is 5.56 Å². The number of hydrogen-bond acceptors (Lipinski definition) is 2. The lowest BCUT2D eigenvalue weighted by molar-refractivity contribution is -0.254. The number of ether oxygens (including phenoxy) is 2. The summed E-state index contributed by atoms with van der Waals surface area (Å²) in [5.74, 6) is 0. The van der Waals surface area contributed by atoms with Gasteiger partial charge in [-0.3, -0.25) is 0 Å². The zero-order chi connectivity index (χ0) is 10.9. The van der Waals surface area contributed by atoms with Crippen molar-refractivity contribution in [2.45, 2.75) is 33.2 Å². The van der Waals surface area contributed by atoms with Gasteiger partial charge in [-0.2, -0.15) is 0 Å². The van der Waals surface area contributed by atoms with Crippen LogP contribution in [0.1, 0.15) is 32.4 Å². The third-order valence-electron chi connectivity index (χ3n) is 2.83. The van der Waals surface area contributed by atoms with Crippen molar-refractivity contribution in [1.29, 1.82) is 0 Å². The molecule has 2 atom stereocenters. The Morgan fingerprint density at radius 3 is 2.53 bits per heavy atom. The van der Waals surface area contributed by atoms with Crippen molar-refractivity contribution in [3.8, 4) is 0 Å². The van der Waals surface area contributed by atoms with E-state index in [1.54, 1.807) is 0 Å². The summed E-state index contributed by atoms with van der Waals surface area (Å²) in [4.78, 5) is 0. The van der Waals surface area contributed by atoms with E-state index in [-0.39, 0.29) is 17.8 Å². The Labute approximate surface area is 91.2 Å². The van der Waals surface area contributed by atoms with Crippen LogP contribution < -0.4 is 0 Å². The van der Waals surface area contributed by atoms with Gasteiger partial charge in [-0.1, -0.05) is 44.2 Å². The second-order valence-corrected chi connectivity index (χ2v) is 4.79. The molecule has 2 rings (SSSR count). The summed E-state index contributed by atoms with van der Waals surface area (Å²) < 4.78 is 11.4. The van der Waals surface area contributed by atoms with E-state index in [1.807, 2.05) is 13.0 Å². The molecule has 2 unspecified atom stereocenters. The lowest BCUT2D eigenvalue weighted by atomic mass is 9.82. The maximum Gasteiger partial charge on any atom is 0.155 e. The number of benzene rings is 1. The van der Waals surface area contributed by atoms with Crippen LogP contribution in [0.4, 0.5) is 0 Å². The fourth-order valence-electron chi connectivity index (χ4n) is 1.98. The van der Waals surface area contributed by atoms with E-state index in [0.29, 0.717) is 0 Å². The summed E-state index contributed by atoms with van der Waals surface area (Å²) in [6, 6.07) is 10.4. The molecule has 0 aromatic heterocycles. The van der Waals surface area contributed by atoms with Gasteiger partial charge >= 0.3 is 0 Å². The van der Waals surface area contributed by atoms with Gasteiger partial charge in [0.25, 0.3) is 0 Å². The molecule has 1 saturated heterocycles. The Balaban J connectivity index is 2.26. The summed E-state index contributed by atoms with van der Waals surface area (Å²) in [6.07, 6.45) is 0.0191. The van der Waals surface area contributed by atoms with Crippen LogP contribution in [-0.4, -0.2) is 12.9 Å². The van der Waals surface area contributed by atoms with Crippen molar-refractivity contribution in [3.63, 3.8) is 0 Å². The fraction of sp³-hybridized carbons (Fsp3) is 0.538. The van der Waals surface area contributed by atoms with Gasteiger partial charge in [-0.05, 0) is 12.5 Å². The Morgan fingerprint density at radius 2 is 1.87 bits per heavy atom. The molecule has 0 bridgehead atoms. The summed E-state index contributed by atoms with van der Waals surface area (Å²) >= 11 is 0. The molecule has 0 saturated carbocycles. The van der Waals surface area contributed by atoms with Crippen LogP contribution in [0.15, 0.2) is 30.3 Å². The Hall–Kier alpha value is -0.860. The molecule has 0 radical (unpaired) electrons. The second-order valence-electron chi connectivity index (χ2n) is 4.79. The average Bonchev–Trinajstić information content (AvgIpc) is 2.23. The van der Waals surface area contributed by atoms with Crippen molar-refractivity contribution < 1.29 is 9.47 Å². The first-order valence-electron chi connectivity index (χ1n) is 5.41. The standard InChI is InChI=1S/C13H18O2/c1-10-14-9-13(2,3)12(15-10)11-7-5-4-6-8-11/h4-8,10,12H,9H2,1-3H3. The summed E-state index contributed by atoms with van der Waals surface area (Å²) in [5, 5.41) is 0. The third-order valence-corrected chi connectivity index (χ3v) is 2.83. The highest BCUT2D eigenvalue weighted by Crippen LogP contribution is 2.40.